The molecule has 68 valence electrons. The molecule has 0 radical (unpaired) electrons. The molecule has 0 aromatic heterocycles. The summed E-state index contributed by atoms with van der Waals surface area (Å²) in [7, 11) is 0. The molecule has 0 aliphatic rings. The number of nitrogens with two attached hydrogens (primary N) is 1. The van der Waals surface area contributed by atoms with E-state index in [2.05, 4.69) is 22.5 Å². The van der Waals surface area contributed by atoms with Crippen LogP contribution < -0.4 is 5.73 Å². The molecule has 0 saturated heterocycles. The molecular formula is C10H10BrNO. The van der Waals surface area contributed by atoms with Gasteiger partial charge in [-0.1, -0.05) is 22.0 Å². The molecule has 3 heteroatoms. The number of rotatable bonds is 3. The third-order valence-corrected chi connectivity index (χ3v) is 2.31. The third-order valence-electron chi connectivity index (χ3n) is 1.62. The molecule has 0 atom stereocenters. The zero-order chi connectivity index (χ0) is 9.84. The molecular weight excluding hydrogens is 230 g/mol. The Hall–Kier alpha value is -1.09. The monoisotopic (exact) mass is 239 g/mol. The van der Waals surface area contributed by atoms with Crippen molar-refractivity contribution < 1.29 is 4.79 Å². The molecule has 1 rings (SSSR count). The summed E-state index contributed by atoms with van der Waals surface area (Å²) in [4.78, 5) is 11.5. The number of benzene rings is 1. The van der Waals surface area contributed by atoms with Gasteiger partial charge in [0.1, 0.15) is 0 Å². The minimum Gasteiger partial charge on any atom is -0.399 e. The van der Waals surface area contributed by atoms with E-state index in [1.165, 1.54) is 0 Å². The lowest BCUT2D eigenvalue weighted by Gasteiger charge is -2.02. The predicted molar refractivity (Wildman–Crippen MR) is 57.7 cm³/mol. The van der Waals surface area contributed by atoms with Crippen LogP contribution in [0.1, 0.15) is 16.8 Å². The second-order valence-corrected chi connectivity index (χ2v) is 3.51. The maximum absolute atomic E-state index is 11.5. The highest BCUT2D eigenvalue weighted by atomic mass is 79.9. The van der Waals surface area contributed by atoms with Crippen LogP contribution in [0.15, 0.2) is 35.3 Å². The number of nitrogen functional groups attached to an aromatic ring is 1. The Morgan fingerprint density at radius 1 is 1.62 bits per heavy atom. The molecule has 0 fully saturated rings. The number of ketones is 1. The summed E-state index contributed by atoms with van der Waals surface area (Å²) in [5, 5.41) is 0. The number of allylic oxidation sites excluding steroid dienone is 1. The van der Waals surface area contributed by atoms with Gasteiger partial charge in [-0.3, -0.25) is 4.79 Å². The smallest absolute Gasteiger partial charge is 0.167 e. The van der Waals surface area contributed by atoms with Crippen molar-refractivity contribution in [2.45, 2.75) is 6.42 Å². The Balaban J connectivity index is 3.05. The zero-order valence-electron chi connectivity index (χ0n) is 7.09. The molecule has 0 bridgehead atoms. The van der Waals surface area contributed by atoms with Gasteiger partial charge in [-0.15, -0.1) is 6.58 Å². The van der Waals surface area contributed by atoms with Gasteiger partial charge in [0.25, 0.3) is 0 Å². The lowest BCUT2D eigenvalue weighted by molar-refractivity contribution is 0.0995. The molecule has 1 aromatic carbocycles. The van der Waals surface area contributed by atoms with Gasteiger partial charge in [-0.25, -0.2) is 0 Å². The lowest BCUT2D eigenvalue weighted by atomic mass is 10.1. The molecule has 2 N–H and O–H groups in total. The zero-order valence-corrected chi connectivity index (χ0v) is 8.67. The molecule has 2 nitrogen and oxygen atoms in total. The van der Waals surface area contributed by atoms with E-state index in [0.29, 0.717) is 17.7 Å². The highest BCUT2D eigenvalue weighted by Gasteiger charge is 2.07. The van der Waals surface area contributed by atoms with Gasteiger partial charge < -0.3 is 5.73 Å². The molecule has 0 saturated carbocycles. The van der Waals surface area contributed by atoms with Crippen LogP contribution in [0, 0.1) is 0 Å². The molecule has 0 amide bonds. The van der Waals surface area contributed by atoms with E-state index >= 15 is 0 Å². The summed E-state index contributed by atoms with van der Waals surface area (Å²) in [6.07, 6.45) is 1.92. The quantitative estimate of drug-likeness (QED) is 0.501. The van der Waals surface area contributed by atoms with Crippen molar-refractivity contribution in [3.8, 4) is 0 Å². The Bertz CT molecular complexity index is 347. The Kier molecular flexibility index (Phi) is 3.25. The highest BCUT2D eigenvalue weighted by molar-refractivity contribution is 9.10. The van der Waals surface area contributed by atoms with Gasteiger partial charge in [0.15, 0.2) is 5.78 Å². The van der Waals surface area contributed by atoms with Crippen molar-refractivity contribution in [3.63, 3.8) is 0 Å². The van der Waals surface area contributed by atoms with E-state index in [0.717, 1.165) is 4.47 Å². The van der Waals surface area contributed by atoms with Gasteiger partial charge in [-0.05, 0) is 18.2 Å². The van der Waals surface area contributed by atoms with Crippen molar-refractivity contribution in [2.75, 3.05) is 5.73 Å². The van der Waals surface area contributed by atoms with Gasteiger partial charge in [0.05, 0.1) is 0 Å². The molecule has 0 aliphatic heterocycles. The van der Waals surface area contributed by atoms with E-state index < -0.39 is 0 Å². The first-order valence-electron chi connectivity index (χ1n) is 3.84. The second-order valence-electron chi connectivity index (χ2n) is 2.66. The standard InChI is InChI=1S/C10H10BrNO/c1-2-3-10(13)8-6-7(12)4-5-9(8)11/h2,4-6H,1,3,12H2. The van der Waals surface area contributed by atoms with Crippen LogP contribution in [0.4, 0.5) is 5.69 Å². The fourth-order valence-corrected chi connectivity index (χ4v) is 1.47. The lowest BCUT2D eigenvalue weighted by Crippen LogP contribution is -1.99. The average Bonchev–Trinajstić information content (AvgIpc) is 2.09. The maximum atomic E-state index is 11.5. The van der Waals surface area contributed by atoms with Crippen LogP contribution in [0.3, 0.4) is 0 Å². The molecule has 1 aromatic rings. The second kappa shape index (κ2) is 4.23. The maximum Gasteiger partial charge on any atom is 0.167 e. The van der Waals surface area contributed by atoms with Gasteiger partial charge in [-0.2, -0.15) is 0 Å². The number of carbonyl (C=O) groups excluding carboxylic acids is 1. The van der Waals surface area contributed by atoms with Crippen LogP contribution >= 0.6 is 15.9 Å². The SMILES string of the molecule is C=CCC(=O)c1cc(N)ccc1Br. The number of halogens is 1. The molecule has 0 spiro atoms. The summed E-state index contributed by atoms with van der Waals surface area (Å²) in [6.45, 7) is 3.51. The molecule has 0 aliphatic carbocycles. The molecule has 13 heavy (non-hydrogen) atoms. The minimum atomic E-state index is 0.0224. The van der Waals surface area contributed by atoms with Crippen molar-refractivity contribution in [2.24, 2.45) is 0 Å². The number of hydrogen-bond donors (Lipinski definition) is 1. The first-order chi connectivity index (χ1) is 6.15. The van der Waals surface area contributed by atoms with E-state index in [9.17, 15) is 4.79 Å². The fourth-order valence-electron chi connectivity index (χ4n) is 0.998. The normalized spacial score (nSPS) is 9.62. The minimum absolute atomic E-state index is 0.0224. The topological polar surface area (TPSA) is 43.1 Å². The van der Waals surface area contributed by atoms with Crippen LogP contribution in [0.25, 0.3) is 0 Å². The first-order valence-corrected chi connectivity index (χ1v) is 4.63. The van der Waals surface area contributed by atoms with E-state index in [1.54, 1.807) is 24.3 Å². The number of hydrogen-bond acceptors (Lipinski definition) is 2. The summed E-state index contributed by atoms with van der Waals surface area (Å²) in [5.41, 5.74) is 6.77. The van der Waals surface area contributed by atoms with E-state index in [4.69, 9.17) is 5.73 Å². The number of anilines is 1. The number of Topliss-reactive ketones (excluding diaryl/α,β-unsaturated/α-hetero) is 1. The van der Waals surface area contributed by atoms with Crippen LogP contribution in [-0.2, 0) is 0 Å². The summed E-state index contributed by atoms with van der Waals surface area (Å²) in [6, 6.07) is 5.18. The fraction of sp³-hybridized carbons (Fsp3) is 0.100. The first kappa shape index (κ1) is 9.99. The van der Waals surface area contributed by atoms with Gasteiger partial charge >= 0.3 is 0 Å². The van der Waals surface area contributed by atoms with E-state index in [-0.39, 0.29) is 5.78 Å². The van der Waals surface area contributed by atoms with E-state index in [1.807, 2.05) is 0 Å². The van der Waals surface area contributed by atoms with Crippen molar-refractivity contribution in [1.29, 1.82) is 0 Å². The number of carbonyl (C=O) groups is 1. The summed E-state index contributed by atoms with van der Waals surface area (Å²) >= 11 is 3.29. The summed E-state index contributed by atoms with van der Waals surface area (Å²) < 4.78 is 0.772. The Labute approximate surface area is 85.6 Å². The largest absolute Gasteiger partial charge is 0.399 e. The molecule has 0 unspecified atom stereocenters. The Morgan fingerprint density at radius 2 is 2.31 bits per heavy atom. The van der Waals surface area contributed by atoms with Crippen molar-refractivity contribution in [1.82, 2.24) is 0 Å². The average molecular weight is 240 g/mol. The predicted octanol–water partition coefficient (Wildman–Crippen LogP) is 2.79. The van der Waals surface area contributed by atoms with Gasteiger partial charge in [0, 0.05) is 22.1 Å². The highest BCUT2D eigenvalue weighted by Crippen LogP contribution is 2.20. The van der Waals surface area contributed by atoms with Crippen molar-refractivity contribution in [3.05, 3.63) is 40.9 Å². The molecule has 0 heterocycles. The third kappa shape index (κ3) is 2.42. The van der Waals surface area contributed by atoms with Crippen molar-refractivity contribution >= 4 is 27.4 Å². The van der Waals surface area contributed by atoms with Gasteiger partial charge in [0.2, 0.25) is 0 Å². The van der Waals surface area contributed by atoms with Crippen LogP contribution in [-0.4, -0.2) is 5.78 Å². The van der Waals surface area contributed by atoms with Crippen LogP contribution in [0.5, 0.6) is 0 Å². The van der Waals surface area contributed by atoms with Crippen LogP contribution in [0.2, 0.25) is 0 Å². The summed E-state index contributed by atoms with van der Waals surface area (Å²) in [5.74, 6) is 0.0224. The Morgan fingerprint density at radius 3 is 2.92 bits per heavy atom.